The van der Waals surface area contributed by atoms with Gasteiger partial charge in [0.1, 0.15) is 4.21 Å². The van der Waals surface area contributed by atoms with Gasteiger partial charge < -0.3 is 9.47 Å². The molecule has 1 N–H and O–H groups in total. The Morgan fingerprint density at radius 2 is 1.84 bits per heavy atom. The smallest absolute Gasteiger partial charge is 0.250 e. The summed E-state index contributed by atoms with van der Waals surface area (Å²) in [6.07, 6.45) is 0.823. The lowest BCUT2D eigenvalue weighted by Gasteiger charge is -2.23. The molecule has 1 aliphatic heterocycles. The largest absolute Gasteiger partial charge is 0.490 e. The van der Waals surface area contributed by atoms with E-state index in [1.807, 2.05) is 32.0 Å². The Labute approximate surface area is 157 Å². The molecule has 0 spiro atoms. The zero-order chi connectivity index (χ0) is 18.0. The Kier molecular flexibility index (Phi) is 5.58. The molecule has 0 saturated carbocycles. The molecule has 2 aromatic rings. The maximum Gasteiger partial charge on any atom is 0.250 e. The monoisotopic (exact) mass is 401 g/mol. The Balaban J connectivity index is 1.90. The Hall–Kier alpha value is -1.28. The summed E-state index contributed by atoms with van der Waals surface area (Å²) in [5.41, 5.74) is 0.838. The molecule has 1 aromatic carbocycles. The van der Waals surface area contributed by atoms with E-state index in [0.717, 1.165) is 23.3 Å². The average Bonchev–Trinajstić information content (AvgIpc) is 2.87. The van der Waals surface area contributed by atoms with Crippen molar-refractivity contribution in [1.82, 2.24) is 4.72 Å². The summed E-state index contributed by atoms with van der Waals surface area (Å²) in [4.78, 5) is 0. The number of halogens is 1. The molecule has 3 rings (SSSR count). The van der Waals surface area contributed by atoms with E-state index in [1.54, 1.807) is 6.07 Å². The molecule has 0 saturated heterocycles. The number of ether oxygens (including phenoxy) is 2. The number of sulfonamides is 1. The van der Waals surface area contributed by atoms with Gasteiger partial charge in [-0.1, -0.05) is 31.5 Å². The van der Waals surface area contributed by atoms with Gasteiger partial charge in [0, 0.05) is 12.5 Å². The molecule has 0 fully saturated rings. The van der Waals surface area contributed by atoms with E-state index < -0.39 is 10.0 Å². The third-order valence-electron chi connectivity index (χ3n) is 3.89. The van der Waals surface area contributed by atoms with Crippen molar-refractivity contribution in [2.24, 2.45) is 5.92 Å². The quantitative estimate of drug-likeness (QED) is 0.813. The Morgan fingerprint density at radius 1 is 1.12 bits per heavy atom. The van der Waals surface area contributed by atoms with E-state index in [4.69, 9.17) is 21.1 Å². The molecule has 0 radical (unpaired) electrons. The summed E-state index contributed by atoms with van der Waals surface area (Å²) in [5.74, 6) is 1.39. The van der Waals surface area contributed by atoms with Crippen LogP contribution in [0.3, 0.4) is 0 Å². The predicted octanol–water partition coefficient (Wildman–Crippen LogP) is 4.24. The highest BCUT2D eigenvalue weighted by Crippen LogP contribution is 2.35. The van der Waals surface area contributed by atoms with Gasteiger partial charge in [0.2, 0.25) is 0 Å². The molecule has 25 heavy (non-hydrogen) atoms. The number of benzene rings is 1. The van der Waals surface area contributed by atoms with Gasteiger partial charge in [-0.25, -0.2) is 13.1 Å². The molecule has 0 aliphatic carbocycles. The molecular weight excluding hydrogens is 382 g/mol. The standard InChI is InChI=1S/C17H20ClNO4S2/c1-11(2)17(19-25(20,21)16-7-6-15(18)24-16)12-4-5-13-14(10-12)23-9-3-8-22-13/h4-7,10-11,17,19H,3,8-9H2,1-2H3. The third-order valence-corrected chi connectivity index (χ3v) is 7.06. The van der Waals surface area contributed by atoms with E-state index in [1.165, 1.54) is 6.07 Å². The Morgan fingerprint density at radius 3 is 2.48 bits per heavy atom. The van der Waals surface area contributed by atoms with Crippen LogP contribution in [0.5, 0.6) is 11.5 Å². The summed E-state index contributed by atoms with van der Waals surface area (Å²) < 4.78 is 40.1. The SMILES string of the molecule is CC(C)C(NS(=O)(=O)c1ccc(Cl)s1)c1ccc2c(c1)OCCCO2. The van der Waals surface area contributed by atoms with Crippen LogP contribution in [0.15, 0.2) is 34.5 Å². The fourth-order valence-electron chi connectivity index (χ4n) is 2.63. The molecule has 136 valence electrons. The molecular formula is C17H20ClNO4S2. The molecule has 0 amide bonds. The second-order valence-electron chi connectivity index (χ2n) is 6.16. The van der Waals surface area contributed by atoms with E-state index in [2.05, 4.69) is 4.72 Å². The summed E-state index contributed by atoms with van der Waals surface area (Å²) in [5, 5.41) is 0. The first kappa shape index (κ1) is 18.5. The van der Waals surface area contributed by atoms with Gasteiger partial charge in [-0.2, -0.15) is 0 Å². The number of hydrogen-bond donors (Lipinski definition) is 1. The molecule has 1 atom stereocenters. The van der Waals surface area contributed by atoms with Crippen LogP contribution in [0, 0.1) is 5.92 Å². The van der Waals surface area contributed by atoms with Crippen molar-refractivity contribution < 1.29 is 17.9 Å². The molecule has 2 heterocycles. The minimum atomic E-state index is -3.65. The number of hydrogen-bond acceptors (Lipinski definition) is 5. The van der Waals surface area contributed by atoms with Crippen LogP contribution in [0.4, 0.5) is 0 Å². The van der Waals surface area contributed by atoms with Crippen LogP contribution in [0.1, 0.15) is 31.9 Å². The van der Waals surface area contributed by atoms with Crippen molar-refractivity contribution >= 4 is 33.0 Å². The number of nitrogens with one attached hydrogen (secondary N) is 1. The lowest BCUT2D eigenvalue weighted by Crippen LogP contribution is -2.31. The first-order valence-corrected chi connectivity index (χ1v) is 10.7. The van der Waals surface area contributed by atoms with Gasteiger partial charge in [-0.15, -0.1) is 11.3 Å². The zero-order valence-electron chi connectivity index (χ0n) is 14.0. The second-order valence-corrected chi connectivity index (χ2v) is 9.81. The summed E-state index contributed by atoms with van der Waals surface area (Å²) >= 11 is 6.91. The van der Waals surface area contributed by atoms with Crippen molar-refractivity contribution in [2.45, 2.75) is 30.5 Å². The van der Waals surface area contributed by atoms with Crippen LogP contribution in [-0.2, 0) is 10.0 Å². The lowest BCUT2D eigenvalue weighted by atomic mass is 9.97. The number of rotatable bonds is 5. The van der Waals surface area contributed by atoms with Crippen LogP contribution in [0.25, 0.3) is 0 Å². The van der Waals surface area contributed by atoms with E-state index in [0.29, 0.717) is 29.0 Å². The highest BCUT2D eigenvalue weighted by molar-refractivity contribution is 7.91. The zero-order valence-corrected chi connectivity index (χ0v) is 16.4. The summed E-state index contributed by atoms with van der Waals surface area (Å²) in [6, 6.07) is 8.28. The highest BCUT2D eigenvalue weighted by Gasteiger charge is 2.26. The fourth-order valence-corrected chi connectivity index (χ4v) is 5.50. The van der Waals surface area contributed by atoms with E-state index in [9.17, 15) is 8.42 Å². The van der Waals surface area contributed by atoms with Crippen molar-refractivity contribution in [3.63, 3.8) is 0 Å². The first-order valence-electron chi connectivity index (χ1n) is 8.04. The Bertz CT molecular complexity index is 848. The van der Waals surface area contributed by atoms with Crippen LogP contribution < -0.4 is 14.2 Å². The van der Waals surface area contributed by atoms with E-state index >= 15 is 0 Å². The van der Waals surface area contributed by atoms with Gasteiger partial charge in [-0.05, 0) is 35.7 Å². The number of fused-ring (bicyclic) bond motifs is 1. The van der Waals surface area contributed by atoms with Crippen molar-refractivity contribution in [2.75, 3.05) is 13.2 Å². The minimum absolute atomic E-state index is 0.0509. The number of thiophene rings is 1. The molecule has 8 heteroatoms. The molecule has 0 bridgehead atoms. The summed E-state index contributed by atoms with van der Waals surface area (Å²) in [7, 11) is -3.65. The second kappa shape index (κ2) is 7.53. The maximum absolute atomic E-state index is 12.7. The van der Waals surface area contributed by atoms with Crippen molar-refractivity contribution in [3.8, 4) is 11.5 Å². The van der Waals surface area contributed by atoms with Crippen LogP contribution in [-0.4, -0.2) is 21.6 Å². The van der Waals surface area contributed by atoms with Crippen LogP contribution >= 0.6 is 22.9 Å². The molecule has 5 nitrogen and oxygen atoms in total. The van der Waals surface area contributed by atoms with Gasteiger partial charge in [0.25, 0.3) is 10.0 Å². The van der Waals surface area contributed by atoms with Crippen molar-refractivity contribution in [1.29, 1.82) is 0 Å². The topological polar surface area (TPSA) is 64.6 Å². The van der Waals surface area contributed by atoms with Crippen molar-refractivity contribution in [3.05, 3.63) is 40.2 Å². The lowest BCUT2D eigenvalue weighted by molar-refractivity contribution is 0.297. The molecule has 1 aromatic heterocycles. The predicted molar refractivity (Wildman–Crippen MR) is 99.3 cm³/mol. The van der Waals surface area contributed by atoms with Crippen LogP contribution in [0.2, 0.25) is 4.34 Å². The maximum atomic E-state index is 12.7. The van der Waals surface area contributed by atoms with E-state index in [-0.39, 0.29) is 16.2 Å². The molecule has 1 unspecified atom stereocenters. The minimum Gasteiger partial charge on any atom is -0.490 e. The first-order chi connectivity index (χ1) is 11.9. The third kappa shape index (κ3) is 4.28. The normalized spacial score (nSPS) is 15.8. The summed E-state index contributed by atoms with van der Waals surface area (Å²) in [6.45, 7) is 5.14. The highest BCUT2D eigenvalue weighted by atomic mass is 35.5. The van der Waals surface area contributed by atoms with Gasteiger partial charge in [-0.3, -0.25) is 0 Å². The van der Waals surface area contributed by atoms with Gasteiger partial charge in [0.15, 0.2) is 11.5 Å². The average molecular weight is 402 g/mol. The van der Waals surface area contributed by atoms with Gasteiger partial charge in [0.05, 0.1) is 17.6 Å². The van der Waals surface area contributed by atoms with Gasteiger partial charge >= 0.3 is 0 Å². The fraction of sp³-hybridized carbons (Fsp3) is 0.412. The molecule has 1 aliphatic rings.